The van der Waals surface area contributed by atoms with E-state index in [0.717, 1.165) is 11.1 Å². The third-order valence-electron chi connectivity index (χ3n) is 3.66. The lowest BCUT2D eigenvalue weighted by Crippen LogP contribution is -2.12. The predicted octanol–water partition coefficient (Wildman–Crippen LogP) is 4.58. The number of nitrogens with one attached hydrogen (secondary N) is 1. The standard InChI is InChI=1S/C18H20N2O3/c1-18(2,3)12-9-11(22-4)10-14(16(12)21)20-17-19-13-7-5-6-8-15(13)23-17/h5-10,21H,1-4H3,(H,19,20). The molecular formula is C18H20N2O3. The zero-order valence-electron chi connectivity index (χ0n) is 13.7. The number of oxazole rings is 1. The fourth-order valence-corrected chi connectivity index (χ4v) is 2.43. The van der Waals surface area contributed by atoms with Crippen LogP contribution in [0.1, 0.15) is 26.3 Å². The SMILES string of the molecule is COc1cc(Nc2nc3ccccc3o2)c(O)c(C(C)(C)C)c1. The van der Waals surface area contributed by atoms with Gasteiger partial charge in [-0.3, -0.25) is 0 Å². The quantitative estimate of drug-likeness (QED) is 0.693. The van der Waals surface area contributed by atoms with Crippen molar-refractivity contribution in [2.75, 3.05) is 12.4 Å². The number of phenolic OH excluding ortho intramolecular Hbond substituents is 1. The summed E-state index contributed by atoms with van der Waals surface area (Å²) in [7, 11) is 1.60. The molecule has 3 rings (SSSR count). The number of phenols is 1. The maximum atomic E-state index is 10.6. The van der Waals surface area contributed by atoms with Gasteiger partial charge >= 0.3 is 0 Å². The number of fused-ring (bicyclic) bond motifs is 1. The van der Waals surface area contributed by atoms with E-state index < -0.39 is 0 Å². The molecule has 0 radical (unpaired) electrons. The van der Waals surface area contributed by atoms with Crippen LogP contribution < -0.4 is 10.1 Å². The van der Waals surface area contributed by atoms with E-state index in [0.29, 0.717) is 23.0 Å². The number of aromatic nitrogens is 1. The molecule has 5 nitrogen and oxygen atoms in total. The van der Waals surface area contributed by atoms with Gasteiger partial charge in [0, 0.05) is 11.6 Å². The second-order valence-corrected chi connectivity index (χ2v) is 6.43. The maximum absolute atomic E-state index is 10.6. The molecular weight excluding hydrogens is 292 g/mol. The summed E-state index contributed by atoms with van der Waals surface area (Å²) >= 11 is 0. The molecule has 120 valence electrons. The molecule has 0 aliphatic rings. The Morgan fingerprint density at radius 1 is 1.17 bits per heavy atom. The van der Waals surface area contributed by atoms with Gasteiger partial charge in [-0.05, 0) is 23.6 Å². The van der Waals surface area contributed by atoms with Gasteiger partial charge in [-0.15, -0.1) is 0 Å². The highest BCUT2D eigenvalue weighted by Crippen LogP contribution is 2.40. The maximum Gasteiger partial charge on any atom is 0.300 e. The van der Waals surface area contributed by atoms with Crippen LogP contribution in [0.2, 0.25) is 0 Å². The predicted molar refractivity (Wildman–Crippen MR) is 90.7 cm³/mol. The van der Waals surface area contributed by atoms with Gasteiger partial charge in [-0.2, -0.15) is 4.98 Å². The Labute approximate surface area is 134 Å². The molecule has 2 N–H and O–H groups in total. The van der Waals surface area contributed by atoms with Gasteiger partial charge in [0.15, 0.2) is 5.58 Å². The van der Waals surface area contributed by atoms with E-state index in [4.69, 9.17) is 9.15 Å². The van der Waals surface area contributed by atoms with Crippen molar-refractivity contribution in [2.45, 2.75) is 26.2 Å². The molecule has 0 fully saturated rings. The fourth-order valence-electron chi connectivity index (χ4n) is 2.43. The minimum Gasteiger partial charge on any atom is -0.505 e. The Hall–Kier alpha value is -2.69. The van der Waals surface area contributed by atoms with Gasteiger partial charge < -0.3 is 19.6 Å². The summed E-state index contributed by atoms with van der Waals surface area (Å²) in [5, 5.41) is 13.6. The molecule has 1 aromatic heterocycles. The van der Waals surface area contributed by atoms with Gasteiger partial charge in [0.05, 0.1) is 12.8 Å². The van der Waals surface area contributed by atoms with Gasteiger partial charge in [-0.25, -0.2) is 0 Å². The van der Waals surface area contributed by atoms with Crippen LogP contribution in [0.3, 0.4) is 0 Å². The number of ether oxygens (including phenoxy) is 1. The second kappa shape index (κ2) is 5.50. The van der Waals surface area contributed by atoms with Crippen LogP contribution in [0.25, 0.3) is 11.1 Å². The summed E-state index contributed by atoms with van der Waals surface area (Å²) in [6, 6.07) is 11.4. The number of para-hydroxylation sites is 2. The summed E-state index contributed by atoms with van der Waals surface area (Å²) in [5.41, 5.74) is 2.51. The van der Waals surface area contributed by atoms with Crippen molar-refractivity contribution in [3.05, 3.63) is 42.0 Å². The van der Waals surface area contributed by atoms with Crippen LogP contribution in [0.15, 0.2) is 40.8 Å². The normalized spacial score (nSPS) is 11.7. The number of nitrogens with zero attached hydrogens (tertiary/aromatic N) is 1. The fraction of sp³-hybridized carbons (Fsp3) is 0.278. The Kier molecular flexibility index (Phi) is 3.64. The molecule has 2 aromatic carbocycles. The van der Waals surface area contributed by atoms with E-state index in [9.17, 15) is 5.11 Å². The number of methoxy groups -OCH3 is 1. The van der Waals surface area contributed by atoms with Crippen LogP contribution in [0, 0.1) is 0 Å². The highest BCUT2D eigenvalue weighted by Gasteiger charge is 2.22. The Morgan fingerprint density at radius 2 is 1.91 bits per heavy atom. The molecule has 0 amide bonds. The smallest absolute Gasteiger partial charge is 0.300 e. The monoisotopic (exact) mass is 312 g/mol. The van der Waals surface area contributed by atoms with Crippen molar-refractivity contribution in [1.29, 1.82) is 0 Å². The molecule has 0 saturated heterocycles. The Morgan fingerprint density at radius 3 is 2.57 bits per heavy atom. The summed E-state index contributed by atoms with van der Waals surface area (Å²) in [5.74, 6) is 0.826. The van der Waals surface area contributed by atoms with E-state index in [-0.39, 0.29) is 11.2 Å². The van der Waals surface area contributed by atoms with E-state index >= 15 is 0 Å². The number of anilines is 2. The first-order chi connectivity index (χ1) is 10.9. The van der Waals surface area contributed by atoms with E-state index in [2.05, 4.69) is 10.3 Å². The number of hydrogen-bond donors (Lipinski definition) is 2. The van der Waals surface area contributed by atoms with E-state index in [1.807, 2.05) is 51.1 Å². The summed E-state index contributed by atoms with van der Waals surface area (Å²) in [6.45, 7) is 6.10. The Balaban J connectivity index is 2.04. The first-order valence-corrected chi connectivity index (χ1v) is 7.42. The minimum atomic E-state index is -0.226. The zero-order valence-corrected chi connectivity index (χ0v) is 13.7. The first-order valence-electron chi connectivity index (χ1n) is 7.42. The van der Waals surface area contributed by atoms with Gasteiger partial charge in [0.25, 0.3) is 6.01 Å². The van der Waals surface area contributed by atoms with Crippen LogP contribution in [0.5, 0.6) is 11.5 Å². The summed E-state index contributed by atoms with van der Waals surface area (Å²) in [4.78, 5) is 4.37. The lowest BCUT2D eigenvalue weighted by molar-refractivity contribution is 0.406. The van der Waals surface area contributed by atoms with Crippen molar-refractivity contribution < 1.29 is 14.3 Å². The molecule has 0 saturated carbocycles. The van der Waals surface area contributed by atoms with Crippen molar-refractivity contribution in [2.24, 2.45) is 0 Å². The third kappa shape index (κ3) is 2.95. The average Bonchev–Trinajstić information content (AvgIpc) is 2.90. The third-order valence-corrected chi connectivity index (χ3v) is 3.66. The Bertz CT molecular complexity index is 814. The highest BCUT2D eigenvalue weighted by molar-refractivity contribution is 5.76. The molecule has 23 heavy (non-hydrogen) atoms. The number of aromatic hydroxyl groups is 1. The molecule has 1 heterocycles. The van der Waals surface area contributed by atoms with Crippen LogP contribution in [-0.2, 0) is 5.41 Å². The lowest BCUT2D eigenvalue weighted by atomic mass is 9.86. The molecule has 0 atom stereocenters. The number of benzene rings is 2. The molecule has 3 aromatic rings. The zero-order chi connectivity index (χ0) is 16.6. The van der Waals surface area contributed by atoms with Gasteiger partial charge in [-0.1, -0.05) is 32.9 Å². The molecule has 0 unspecified atom stereocenters. The average molecular weight is 312 g/mol. The van der Waals surface area contributed by atoms with E-state index in [1.165, 1.54) is 0 Å². The largest absolute Gasteiger partial charge is 0.505 e. The van der Waals surface area contributed by atoms with Crippen LogP contribution in [0.4, 0.5) is 11.7 Å². The first kappa shape index (κ1) is 15.2. The van der Waals surface area contributed by atoms with Crippen LogP contribution in [-0.4, -0.2) is 17.2 Å². The van der Waals surface area contributed by atoms with Crippen molar-refractivity contribution >= 4 is 22.8 Å². The molecule has 5 heteroatoms. The molecule has 0 spiro atoms. The van der Waals surface area contributed by atoms with Crippen molar-refractivity contribution in [3.63, 3.8) is 0 Å². The minimum absolute atomic E-state index is 0.167. The number of hydrogen-bond acceptors (Lipinski definition) is 5. The second-order valence-electron chi connectivity index (χ2n) is 6.43. The van der Waals surface area contributed by atoms with Crippen molar-refractivity contribution in [3.8, 4) is 11.5 Å². The number of rotatable bonds is 3. The van der Waals surface area contributed by atoms with E-state index in [1.54, 1.807) is 13.2 Å². The molecule has 0 bridgehead atoms. The topological polar surface area (TPSA) is 67.5 Å². The molecule has 0 aliphatic carbocycles. The van der Waals surface area contributed by atoms with Gasteiger partial charge in [0.1, 0.15) is 17.0 Å². The summed E-state index contributed by atoms with van der Waals surface area (Å²) in [6.07, 6.45) is 0. The van der Waals surface area contributed by atoms with Crippen molar-refractivity contribution in [1.82, 2.24) is 4.98 Å². The summed E-state index contributed by atoms with van der Waals surface area (Å²) < 4.78 is 11.0. The van der Waals surface area contributed by atoms with Crippen LogP contribution >= 0.6 is 0 Å². The molecule has 0 aliphatic heterocycles. The highest BCUT2D eigenvalue weighted by atomic mass is 16.5. The lowest BCUT2D eigenvalue weighted by Gasteiger charge is -2.23. The van der Waals surface area contributed by atoms with Gasteiger partial charge in [0.2, 0.25) is 0 Å².